The fourth-order valence-electron chi connectivity index (χ4n) is 3.70. The topological polar surface area (TPSA) is 81.1 Å². The minimum absolute atomic E-state index is 0.111. The van der Waals surface area contributed by atoms with Gasteiger partial charge in [-0.05, 0) is 42.8 Å². The zero-order chi connectivity index (χ0) is 22.7. The number of carbonyl (C=O) groups excluding carboxylic acids is 2. The van der Waals surface area contributed by atoms with Gasteiger partial charge >= 0.3 is 4.87 Å². The average Bonchev–Trinajstić information content (AvgIpc) is 3.42. The van der Waals surface area contributed by atoms with Crippen LogP contribution in [0.25, 0.3) is 16.3 Å². The summed E-state index contributed by atoms with van der Waals surface area (Å²) in [6.07, 6.45) is 3.73. The standard InChI is InChI=1S/C23H23N3O5S/c1-30-17-9-10-19(31-2)16(14-17)8-11-21(27)25-12-5-13-26(25)22(28)15-24-18-6-3-4-7-20(18)32-23(24)29/h3-4,6-11,14H,5,12-13,15H2,1-2H3. The molecular formula is C23H23N3O5S. The zero-order valence-electron chi connectivity index (χ0n) is 17.8. The van der Waals surface area contributed by atoms with E-state index >= 15 is 0 Å². The van der Waals surface area contributed by atoms with Crippen molar-refractivity contribution in [3.8, 4) is 11.5 Å². The number of hydrazine groups is 1. The molecule has 0 aliphatic carbocycles. The SMILES string of the molecule is COc1ccc(OC)c(C=CC(=O)N2CCCN2C(=O)Cn2c(=O)sc3ccccc32)c1. The van der Waals surface area contributed by atoms with Crippen LogP contribution in [0.2, 0.25) is 0 Å². The second-order valence-electron chi connectivity index (χ2n) is 7.19. The third-order valence-electron chi connectivity index (χ3n) is 5.28. The van der Waals surface area contributed by atoms with Crippen LogP contribution in [0.4, 0.5) is 0 Å². The molecule has 0 saturated carbocycles. The van der Waals surface area contributed by atoms with Crippen LogP contribution < -0.4 is 14.3 Å². The van der Waals surface area contributed by atoms with Gasteiger partial charge in [-0.15, -0.1) is 0 Å². The van der Waals surface area contributed by atoms with Crippen molar-refractivity contribution in [2.45, 2.75) is 13.0 Å². The molecule has 4 rings (SSSR count). The number of fused-ring (bicyclic) bond motifs is 1. The minimum atomic E-state index is -0.316. The fourth-order valence-corrected chi connectivity index (χ4v) is 4.59. The number of hydrogen-bond donors (Lipinski definition) is 0. The molecule has 3 aromatic rings. The summed E-state index contributed by atoms with van der Waals surface area (Å²) in [6, 6.07) is 12.7. The molecule has 2 amide bonds. The molecule has 1 fully saturated rings. The van der Waals surface area contributed by atoms with Crippen molar-refractivity contribution in [1.82, 2.24) is 14.6 Å². The van der Waals surface area contributed by atoms with Crippen LogP contribution in [-0.2, 0) is 16.1 Å². The Morgan fingerprint density at radius 2 is 1.84 bits per heavy atom. The van der Waals surface area contributed by atoms with Crippen molar-refractivity contribution in [1.29, 1.82) is 0 Å². The average molecular weight is 454 g/mol. The van der Waals surface area contributed by atoms with E-state index in [2.05, 4.69) is 0 Å². The Morgan fingerprint density at radius 3 is 2.62 bits per heavy atom. The van der Waals surface area contributed by atoms with Gasteiger partial charge in [0, 0.05) is 24.7 Å². The molecule has 8 nitrogen and oxygen atoms in total. The smallest absolute Gasteiger partial charge is 0.308 e. The highest BCUT2D eigenvalue weighted by Gasteiger charge is 2.30. The van der Waals surface area contributed by atoms with E-state index in [0.29, 0.717) is 36.6 Å². The first-order chi connectivity index (χ1) is 15.5. The Morgan fingerprint density at radius 1 is 1.06 bits per heavy atom. The first kappa shape index (κ1) is 21.6. The fraction of sp³-hybridized carbons (Fsp3) is 0.261. The summed E-state index contributed by atoms with van der Waals surface area (Å²) in [5.74, 6) is 0.634. The summed E-state index contributed by atoms with van der Waals surface area (Å²) >= 11 is 1.11. The summed E-state index contributed by atoms with van der Waals surface area (Å²) in [4.78, 5) is 38.1. The molecule has 0 atom stereocenters. The normalized spacial score (nSPS) is 13.8. The Hall–Kier alpha value is -3.59. The maximum absolute atomic E-state index is 13.0. The van der Waals surface area contributed by atoms with Crippen LogP contribution in [0.1, 0.15) is 12.0 Å². The van der Waals surface area contributed by atoms with Crippen LogP contribution in [0.15, 0.2) is 53.3 Å². The first-order valence-corrected chi connectivity index (χ1v) is 10.9. The summed E-state index contributed by atoms with van der Waals surface area (Å²) < 4.78 is 12.9. The summed E-state index contributed by atoms with van der Waals surface area (Å²) in [6.45, 7) is 0.751. The quantitative estimate of drug-likeness (QED) is 0.536. The molecule has 9 heteroatoms. The lowest BCUT2D eigenvalue weighted by Crippen LogP contribution is -2.46. The third-order valence-corrected chi connectivity index (χ3v) is 6.24. The number of nitrogens with zero attached hydrogens (tertiary/aromatic N) is 3. The second kappa shape index (κ2) is 9.27. The molecule has 0 bridgehead atoms. The number of methoxy groups -OCH3 is 2. The van der Waals surface area contributed by atoms with E-state index in [-0.39, 0.29) is 23.2 Å². The van der Waals surface area contributed by atoms with Crippen LogP contribution in [-0.4, -0.2) is 53.7 Å². The number of aromatic nitrogens is 1. The number of amides is 2. The summed E-state index contributed by atoms with van der Waals surface area (Å²) in [7, 11) is 3.12. The van der Waals surface area contributed by atoms with Gasteiger partial charge in [-0.25, -0.2) is 10.0 Å². The molecule has 2 aromatic carbocycles. The van der Waals surface area contributed by atoms with Crippen molar-refractivity contribution in [3.63, 3.8) is 0 Å². The lowest BCUT2D eigenvalue weighted by molar-refractivity contribution is -0.155. The summed E-state index contributed by atoms with van der Waals surface area (Å²) in [5, 5.41) is 2.85. The number of carbonyl (C=O) groups is 2. The predicted octanol–water partition coefficient (Wildman–Crippen LogP) is 2.77. The lowest BCUT2D eigenvalue weighted by Gasteiger charge is -2.27. The largest absolute Gasteiger partial charge is 0.497 e. The van der Waals surface area contributed by atoms with Gasteiger partial charge in [0.05, 0.1) is 24.4 Å². The molecule has 1 saturated heterocycles. The molecular weight excluding hydrogens is 430 g/mol. The molecule has 1 aliphatic heterocycles. The van der Waals surface area contributed by atoms with Gasteiger partial charge in [0.15, 0.2) is 0 Å². The molecule has 1 aromatic heterocycles. The Labute approximate surface area is 188 Å². The van der Waals surface area contributed by atoms with Crippen molar-refractivity contribution < 1.29 is 19.1 Å². The van der Waals surface area contributed by atoms with E-state index in [9.17, 15) is 14.4 Å². The van der Waals surface area contributed by atoms with Gasteiger partial charge in [0.2, 0.25) is 0 Å². The third kappa shape index (κ3) is 4.24. The van der Waals surface area contributed by atoms with Gasteiger partial charge in [0.25, 0.3) is 11.8 Å². The van der Waals surface area contributed by atoms with Gasteiger partial charge in [0.1, 0.15) is 18.0 Å². The van der Waals surface area contributed by atoms with E-state index in [1.54, 1.807) is 38.5 Å². The second-order valence-corrected chi connectivity index (χ2v) is 8.19. The van der Waals surface area contributed by atoms with Crippen molar-refractivity contribution in [3.05, 3.63) is 63.8 Å². The predicted molar refractivity (Wildman–Crippen MR) is 123 cm³/mol. The van der Waals surface area contributed by atoms with Crippen molar-refractivity contribution >= 4 is 39.4 Å². The van der Waals surface area contributed by atoms with Gasteiger partial charge in [-0.1, -0.05) is 23.5 Å². The Kier molecular flexibility index (Phi) is 6.27. The van der Waals surface area contributed by atoms with Gasteiger partial charge in [-0.2, -0.15) is 0 Å². The van der Waals surface area contributed by atoms with Crippen LogP contribution in [0, 0.1) is 0 Å². The van der Waals surface area contributed by atoms with Gasteiger partial charge in [-0.3, -0.25) is 19.0 Å². The molecule has 0 unspecified atom stereocenters. The van der Waals surface area contributed by atoms with Crippen LogP contribution in [0.3, 0.4) is 0 Å². The number of para-hydroxylation sites is 1. The van der Waals surface area contributed by atoms with E-state index in [1.165, 1.54) is 20.7 Å². The lowest BCUT2D eigenvalue weighted by atomic mass is 10.1. The van der Waals surface area contributed by atoms with E-state index in [4.69, 9.17) is 9.47 Å². The Bertz CT molecular complexity index is 1250. The number of benzene rings is 2. The monoisotopic (exact) mass is 453 g/mol. The van der Waals surface area contributed by atoms with Crippen LogP contribution >= 0.6 is 11.3 Å². The highest BCUT2D eigenvalue weighted by atomic mass is 32.1. The molecule has 0 spiro atoms. The Balaban J connectivity index is 1.51. The highest BCUT2D eigenvalue weighted by molar-refractivity contribution is 7.16. The number of rotatable bonds is 6. The molecule has 1 aliphatic rings. The maximum Gasteiger partial charge on any atom is 0.308 e. The van der Waals surface area contributed by atoms with Crippen molar-refractivity contribution in [2.24, 2.45) is 0 Å². The minimum Gasteiger partial charge on any atom is -0.497 e. The first-order valence-electron chi connectivity index (χ1n) is 10.1. The molecule has 166 valence electrons. The summed E-state index contributed by atoms with van der Waals surface area (Å²) in [5.41, 5.74) is 1.41. The van der Waals surface area contributed by atoms with E-state index in [0.717, 1.165) is 21.6 Å². The number of thiazole rings is 1. The van der Waals surface area contributed by atoms with Crippen LogP contribution in [0.5, 0.6) is 11.5 Å². The van der Waals surface area contributed by atoms with Crippen molar-refractivity contribution in [2.75, 3.05) is 27.3 Å². The number of ether oxygens (including phenoxy) is 2. The molecule has 2 heterocycles. The molecule has 32 heavy (non-hydrogen) atoms. The zero-order valence-corrected chi connectivity index (χ0v) is 18.6. The van der Waals surface area contributed by atoms with E-state index in [1.807, 2.05) is 24.3 Å². The highest BCUT2D eigenvalue weighted by Crippen LogP contribution is 2.25. The molecule has 0 radical (unpaired) electrons. The molecule has 0 N–H and O–H groups in total. The maximum atomic E-state index is 13.0. The number of hydrogen-bond acceptors (Lipinski definition) is 6. The van der Waals surface area contributed by atoms with E-state index < -0.39 is 0 Å². The van der Waals surface area contributed by atoms with Gasteiger partial charge < -0.3 is 9.47 Å².